The lowest BCUT2D eigenvalue weighted by atomic mass is 9.40. The van der Waals surface area contributed by atoms with Gasteiger partial charge in [-0.3, -0.25) is 4.79 Å². The minimum absolute atomic E-state index is 0.186. The third-order valence-corrected chi connectivity index (χ3v) is 9.30. The third kappa shape index (κ3) is 1.94. The van der Waals surface area contributed by atoms with E-state index in [0.717, 1.165) is 17.8 Å². The van der Waals surface area contributed by atoms with E-state index in [-0.39, 0.29) is 5.41 Å². The SMILES string of the molecule is CC(=O)C1=CCC2C3CCC4(C)CCCCC4(C)C3CCC12C. The summed E-state index contributed by atoms with van der Waals surface area (Å²) in [5.41, 5.74) is 2.48. The number of carbonyl (C=O) groups is 1. The van der Waals surface area contributed by atoms with E-state index in [0.29, 0.717) is 16.6 Å². The van der Waals surface area contributed by atoms with E-state index < -0.39 is 0 Å². The van der Waals surface area contributed by atoms with Crippen LogP contribution in [0.5, 0.6) is 0 Å². The number of hydrogen-bond donors (Lipinski definition) is 0. The van der Waals surface area contributed by atoms with Crippen molar-refractivity contribution in [2.45, 2.75) is 85.5 Å². The average Bonchev–Trinajstić information content (AvgIpc) is 2.85. The topological polar surface area (TPSA) is 17.1 Å². The number of hydrogen-bond acceptors (Lipinski definition) is 1. The molecule has 0 bridgehead atoms. The number of carbonyl (C=O) groups excluding carboxylic acids is 1. The van der Waals surface area contributed by atoms with Crippen molar-refractivity contribution in [3.05, 3.63) is 11.6 Å². The van der Waals surface area contributed by atoms with Gasteiger partial charge in [-0.2, -0.15) is 0 Å². The Balaban J connectivity index is 1.67. The zero-order valence-electron chi connectivity index (χ0n) is 15.6. The largest absolute Gasteiger partial charge is 0.295 e. The molecule has 0 aromatic carbocycles. The number of allylic oxidation sites excluding steroid dienone is 2. The second-order valence-corrected chi connectivity index (χ2v) is 9.97. The van der Waals surface area contributed by atoms with Crippen molar-refractivity contribution in [1.29, 1.82) is 0 Å². The maximum Gasteiger partial charge on any atom is 0.156 e. The normalized spacial score (nSPS) is 52.2. The van der Waals surface area contributed by atoms with Crippen LogP contribution in [-0.4, -0.2) is 5.78 Å². The molecule has 128 valence electrons. The Kier molecular flexibility index (Phi) is 3.43. The standard InChI is InChI=1S/C22H34O/c1-15(23)17-7-8-18-16-9-13-20(2)11-5-6-12-22(20,4)19(16)10-14-21(17,18)3/h7,16,18-19H,5-6,8-14H2,1-4H3. The molecule has 0 N–H and O–H groups in total. The molecular weight excluding hydrogens is 280 g/mol. The molecule has 6 unspecified atom stereocenters. The molecule has 0 heterocycles. The first-order valence-electron chi connectivity index (χ1n) is 10.0. The average molecular weight is 315 g/mol. The van der Waals surface area contributed by atoms with Gasteiger partial charge in [0, 0.05) is 0 Å². The van der Waals surface area contributed by atoms with Gasteiger partial charge in [0.2, 0.25) is 0 Å². The molecule has 0 saturated heterocycles. The fraction of sp³-hybridized carbons (Fsp3) is 0.864. The van der Waals surface area contributed by atoms with Crippen LogP contribution in [0.4, 0.5) is 0 Å². The van der Waals surface area contributed by atoms with Crippen molar-refractivity contribution in [2.75, 3.05) is 0 Å². The van der Waals surface area contributed by atoms with Gasteiger partial charge in [-0.15, -0.1) is 0 Å². The Labute approximate surface area is 142 Å². The van der Waals surface area contributed by atoms with Gasteiger partial charge in [-0.05, 0) is 91.4 Å². The molecule has 0 spiro atoms. The van der Waals surface area contributed by atoms with Crippen LogP contribution >= 0.6 is 0 Å². The zero-order valence-corrected chi connectivity index (χ0v) is 15.6. The summed E-state index contributed by atoms with van der Waals surface area (Å²) in [6, 6.07) is 0. The van der Waals surface area contributed by atoms with Gasteiger partial charge >= 0.3 is 0 Å². The highest BCUT2D eigenvalue weighted by atomic mass is 16.1. The van der Waals surface area contributed by atoms with Crippen molar-refractivity contribution in [1.82, 2.24) is 0 Å². The lowest BCUT2D eigenvalue weighted by molar-refractivity contribution is -0.146. The Morgan fingerprint density at radius 3 is 2.48 bits per heavy atom. The van der Waals surface area contributed by atoms with E-state index in [1.165, 1.54) is 63.4 Å². The van der Waals surface area contributed by atoms with E-state index in [9.17, 15) is 4.79 Å². The molecule has 4 rings (SSSR count). The molecule has 0 aromatic rings. The highest BCUT2D eigenvalue weighted by Crippen LogP contribution is 2.69. The van der Waals surface area contributed by atoms with Gasteiger partial charge in [-0.1, -0.05) is 39.7 Å². The quantitative estimate of drug-likeness (QED) is 0.586. The van der Waals surface area contributed by atoms with Gasteiger partial charge in [0.25, 0.3) is 0 Å². The van der Waals surface area contributed by atoms with Crippen LogP contribution in [0.2, 0.25) is 0 Å². The highest BCUT2D eigenvalue weighted by Gasteiger charge is 2.61. The van der Waals surface area contributed by atoms with E-state index in [1.807, 2.05) is 0 Å². The van der Waals surface area contributed by atoms with E-state index in [2.05, 4.69) is 26.8 Å². The summed E-state index contributed by atoms with van der Waals surface area (Å²) < 4.78 is 0. The summed E-state index contributed by atoms with van der Waals surface area (Å²) in [6.45, 7) is 9.43. The lowest BCUT2D eigenvalue weighted by Crippen LogP contribution is -2.56. The lowest BCUT2D eigenvalue weighted by Gasteiger charge is -2.64. The number of fused-ring (bicyclic) bond motifs is 5. The second-order valence-electron chi connectivity index (χ2n) is 9.97. The summed E-state index contributed by atoms with van der Waals surface area (Å²) in [4.78, 5) is 12.1. The van der Waals surface area contributed by atoms with Gasteiger partial charge in [0.15, 0.2) is 5.78 Å². The van der Waals surface area contributed by atoms with Gasteiger partial charge < -0.3 is 0 Å². The molecule has 0 amide bonds. The van der Waals surface area contributed by atoms with Crippen LogP contribution < -0.4 is 0 Å². The molecular formula is C22H34O. The maximum absolute atomic E-state index is 12.1. The Morgan fingerprint density at radius 1 is 1.00 bits per heavy atom. The summed E-state index contributed by atoms with van der Waals surface area (Å²) in [7, 11) is 0. The molecule has 1 nitrogen and oxygen atoms in total. The fourth-order valence-electron chi connectivity index (χ4n) is 7.72. The Bertz CT molecular complexity index is 560. The number of Topliss-reactive ketones (excluding diaryl/α,β-unsaturated/α-hetero) is 1. The predicted molar refractivity (Wildman–Crippen MR) is 95.1 cm³/mol. The molecule has 4 aliphatic rings. The third-order valence-electron chi connectivity index (χ3n) is 9.30. The van der Waals surface area contributed by atoms with Gasteiger partial charge in [0.1, 0.15) is 0 Å². The van der Waals surface area contributed by atoms with Crippen molar-refractivity contribution in [3.63, 3.8) is 0 Å². The molecule has 3 saturated carbocycles. The first-order valence-corrected chi connectivity index (χ1v) is 10.0. The molecule has 4 aliphatic carbocycles. The minimum Gasteiger partial charge on any atom is -0.295 e. The van der Waals surface area contributed by atoms with Crippen LogP contribution in [0.1, 0.15) is 85.5 Å². The number of rotatable bonds is 1. The van der Waals surface area contributed by atoms with Crippen LogP contribution in [0.15, 0.2) is 11.6 Å². The zero-order chi connectivity index (χ0) is 16.5. The van der Waals surface area contributed by atoms with Crippen molar-refractivity contribution < 1.29 is 4.79 Å². The number of ketones is 1. The first kappa shape index (κ1) is 15.9. The van der Waals surface area contributed by atoms with Crippen LogP contribution in [-0.2, 0) is 4.79 Å². The first-order chi connectivity index (χ1) is 10.8. The summed E-state index contributed by atoms with van der Waals surface area (Å²) in [6.07, 6.45) is 14.7. The van der Waals surface area contributed by atoms with Crippen molar-refractivity contribution in [2.24, 2.45) is 34.0 Å². The van der Waals surface area contributed by atoms with Crippen molar-refractivity contribution in [3.8, 4) is 0 Å². The van der Waals surface area contributed by atoms with E-state index >= 15 is 0 Å². The van der Waals surface area contributed by atoms with Gasteiger partial charge in [0.05, 0.1) is 0 Å². The smallest absolute Gasteiger partial charge is 0.156 e. The van der Waals surface area contributed by atoms with Crippen LogP contribution in [0.3, 0.4) is 0 Å². The minimum atomic E-state index is 0.186. The highest BCUT2D eigenvalue weighted by molar-refractivity contribution is 5.95. The van der Waals surface area contributed by atoms with E-state index in [4.69, 9.17) is 0 Å². The predicted octanol–water partition coefficient (Wildman–Crippen LogP) is 5.93. The molecule has 6 atom stereocenters. The fourth-order valence-corrected chi connectivity index (χ4v) is 7.72. The monoisotopic (exact) mass is 314 g/mol. The molecule has 3 fully saturated rings. The summed E-state index contributed by atoms with van der Waals surface area (Å²) >= 11 is 0. The van der Waals surface area contributed by atoms with Crippen LogP contribution in [0.25, 0.3) is 0 Å². The Hall–Kier alpha value is -0.590. The molecule has 0 aliphatic heterocycles. The Morgan fingerprint density at radius 2 is 1.74 bits per heavy atom. The van der Waals surface area contributed by atoms with E-state index in [1.54, 1.807) is 6.92 Å². The molecule has 1 heteroatoms. The summed E-state index contributed by atoms with van der Waals surface area (Å²) in [5.74, 6) is 2.83. The second kappa shape index (κ2) is 4.96. The van der Waals surface area contributed by atoms with Crippen LogP contribution in [0, 0.1) is 34.0 Å². The van der Waals surface area contributed by atoms with Gasteiger partial charge in [-0.25, -0.2) is 0 Å². The van der Waals surface area contributed by atoms with Crippen molar-refractivity contribution >= 4 is 5.78 Å². The maximum atomic E-state index is 12.1. The molecule has 23 heavy (non-hydrogen) atoms. The molecule has 0 radical (unpaired) electrons. The summed E-state index contributed by atoms with van der Waals surface area (Å²) in [5, 5.41) is 0. The molecule has 0 aromatic heterocycles.